The Bertz CT molecular complexity index is 671. The number of benzene rings is 2. The van der Waals surface area contributed by atoms with Gasteiger partial charge in [0, 0.05) is 51.0 Å². The Labute approximate surface area is 144 Å². The highest BCUT2D eigenvalue weighted by atomic mass is 16.2. The zero-order valence-corrected chi connectivity index (χ0v) is 14.5. The second-order valence-corrected chi connectivity index (χ2v) is 6.38. The summed E-state index contributed by atoms with van der Waals surface area (Å²) < 4.78 is 0. The largest absolute Gasteiger partial charge is 0.381 e. The lowest BCUT2D eigenvalue weighted by atomic mass is 10.1. The molecule has 3 rings (SSSR count). The van der Waals surface area contributed by atoms with Crippen LogP contribution >= 0.6 is 0 Å². The Kier molecular flexibility index (Phi) is 5.04. The number of carbonyl (C=O) groups is 1. The van der Waals surface area contributed by atoms with Crippen LogP contribution in [0, 0.1) is 6.92 Å². The first-order chi connectivity index (χ1) is 11.6. The van der Waals surface area contributed by atoms with Gasteiger partial charge in [0.15, 0.2) is 0 Å². The normalized spacial score (nSPS) is 14.6. The molecule has 1 amide bonds. The highest BCUT2D eigenvalue weighted by molar-refractivity contribution is 5.73. The molecule has 24 heavy (non-hydrogen) atoms. The van der Waals surface area contributed by atoms with Gasteiger partial charge in [0.05, 0.1) is 0 Å². The van der Waals surface area contributed by atoms with Gasteiger partial charge in [-0.05, 0) is 36.8 Å². The third-order valence-electron chi connectivity index (χ3n) is 4.57. The summed E-state index contributed by atoms with van der Waals surface area (Å²) in [4.78, 5) is 15.6. The van der Waals surface area contributed by atoms with E-state index in [-0.39, 0.29) is 5.91 Å². The molecule has 126 valence electrons. The van der Waals surface area contributed by atoms with Crippen LogP contribution in [-0.2, 0) is 11.3 Å². The van der Waals surface area contributed by atoms with Crippen LogP contribution in [-0.4, -0.2) is 37.0 Å². The lowest BCUT2D eigenvalue weighted by molar-refractivity contribution is -0.129. The molecular formula is C20H25N3O. The molecule has 0 atom stereocenters. The van der Waals surface area contributed by atoms with Gasteiger partial charge in [0.2, 0.25) is 5.91 Å². The summed E-state index contributed by atoms with van der Waals surface area (Å²) >= 11 is 0. The maximum atomic E-state index is 11.4. The van der Waals surface area contributed by atoms with Crippen LogP contribution in [0.25, 0.3) is 0 Å². The van der Waals surface area contributed by atoms with Crippen molar-refractivity contribution < 1.29 is 4.79 Å². The minimum atomic E-state index is 0.172. The number of hydrogen-bond acceptors (Lipinski definition) is 3. The number of nitrogens with one attached hydrogen (secondary N) is 1. The van der Waals surface area contributed by atoms with Crippen molar-refractivity contribution in [1.29, 1.82) is 0 Å². The van der Waals surface area contributed by atoms with Gasteiger partial charge in [-0.25, -0.2) is 0 Å². The summed E-state index contributed by atoms with van der Waals surface area (Å²) in [6.45, 7) is 7.99. The van der Waals surface area contributed by atoms with Crippen LogP contribution in [0.2, 0.25) is 0 Å². The van der Waals surface area contributed by atoms with Gasteiger partial charge in [-0.15, -0.1) is 0 Å². The maximum Gasteiger partial charge on any atom is 0.219 e. The van der Waals surface area contributed by atoms with Crippen molar-refractivity contribution in [2.45, 2.75) is 20.4 Å². The van der Waals surface area contributed by atoms with Crippen molar-refractivity contribution in [3.63, 3.8) is 0 Å². The summed E-state index contributed by atoms with van der Waals surface area (Å²) in [6.07, 6.45) is 0. The smallest absolute Gasteiger partial charge is 0.219 e. The third kappa shape index (κ3) is 4.07. The van der Waals surface area contributed by atoms with Gasteiger partial charge < -0.3 is 15.1 Å². The molecule has 1 aliphatic heterocycles. The van der Waals surface area contributed by atoms with Crippen molar-refractivity contribution in [3.05, 3.63) is 59.7 Å². The first kappa shape index (κ1) is 16.4. The summed E-state index contributed by atoms with van der Waals surface area (Å²) in [6, 6.07) is 17.2. The molecule has 0 spiro atoms. The number of hydrogen-bond donors (Lipinski definition) is 1. The topological polar surface area (TPSA) is 35.6 Å². The fourth-order valence-electron chi connectivity index (χ4n) is 2.98. The van der Waals surface area contributed by atoms with E-state index >= 15 is 0 Å². The molecule has 1 heterocycles. The van der Waals surface area contributed by atoms with Crippen LogP contribution in [0.5, 0.6) is 0 Å². The molecule has 0 aromatic heterocycles. The van der Waals surface area contributed by atoms with Crippen LogP contribution in [0.4, 0.5) is 11.4 Å². The zero-order chi connectivity index (χ0) is 16.9. The molecule has 4 heteroatoms. The average Bonchev–Trinajstić information content (AvgIpc) is 2.62. The molecule has 1 N–H and O–H groups in total. The molecule has 4 nitrogen and oxygen atoms in total. The van der Waals surface area contributed by atoms with Crippen LogP contribution in [0.15, 0.2) is 48.5 Å². The lowest BCUT2D eigenvalue weighted by Gasteiger charge is -2.35. The fourth-order valence-corrected chi connectivity index (χ4v) is 2.98. The second-order valence-electron chi connectivity index (χ2n) is 6.38. The van der Waals surface area contributed by atoms with E-state index in [1.807, 2.05) is 4.90 Å². The van der Waals surface area contributed by atoms with Crippen molar-refractivity contribution in [3.8, 4) is 0 Å². The first-order valence-corrected chi connectivity index (χ1v) is 8.52. The predicted octanol–water partition coefficient (Wildman–Crippen LogP) is 3.28. The molecule has 0 unspecified atom stereocenters. The average molecular weight is 323 g/mol. The molecule has 2 aromatic rings. The zero-order valence-electron chi connectivity index (χ0n) is 14.5. The maximum absolute atomic E-state index is 11.4. The molecule has 0 bridgehead atoms. The van der Waals surface area contributed by atoms with Gasteiger partial charge in [0.25, 0.3) is 0 Å². The Morgan fingerprint density at radius 2 is 1.58 bits per heavy atom. The standard InChI is InChI=1S/C20H25N3O/c1-16-3-5-18(6-4-16)15-21-19-7-9-20(10-8-19)23-13-11-22(12-14-23)17(2)24/h3-10,21H,11-15H2,1-2H3. The molecule has 0 aliphatic carbocycles. The molecule has 1 saturated heterocycles. The van der Waals surface area contributed by atoms with Crippen LogP contribution in [0.1, 0.15) is 18.1 Å². The Hall–Kier alpha value is -2.49. The van der Waals surface area contributed by atoms with Crippen LogP contribution < -0.4 is 10.2 Å². The number of nitrogens with zero attached hydrogens (tertiary/aromatic N) is 2. The van der Waals surface area contributed by atoms with E-state index in [4.69, 9.17) is 0 Å². The molecule has 0 saturated carbocycles. The quantitative estimate of drug-likeness (QED) is 0.938. The second kappa shape index (κ2) is 7.39. The monoisotopic (exact) mass is 323 g/mol. The van der Waals surface area contributed by atoms with E-state index < -0.39 is 0 Å². The van der Waals surface area contributed by atoms with Gasteiger partial charge in [-0.1, -0.05) is 29.8 Å². The minimum Gasteiger partial charge on any atom is -0.381 e. The number of rotatable bonds is 4. The Morgan fingerprint density at radius 1 is 0.958 bits per heavy atom. The summed E-state index contributed by atoms with van der Waals surface area (Å²) in [5.41, 5.74) is 4.92. The molecule has 0 radical (unpaired) electrons. The van der Waals surface area contributed by atoms with E-state index in [9.17, 15) is 4.79 Å². The van der Waals surface area contributed by atoms with E-state index in [0.29, 0.717) is 0 Å². The first-order valence-electron chi connectivity index (χ1n) is 8.52. The highest BCUT2D eigenvalue weighted by Crippen LogP contribution is 2.20. The van der Waals surface area contributed by atoms with Gasteiger partial charge in [-0.2, -0.15) is 0 Å². The minimum absolute atomic E-state index is 0.172. The van der Waals surface area contributed by atoms with E-state index in [2.05, 4.69) is 65.7 Å². The van der Waals surface area contributed by atoms with Gasteiger partial charge >= 0.3 is 0 Å². The highest BCUT2D eigenvalue weighted by Gasteiger charge is 2.18. The van der Waals surface area contributed by atoms with Gasteiger partial charge in [0.1, 0.15) is 0 Å². The lowest BCUT2D eigenvalue weighted by Crippen LogP contribution is -2.48. The van der Waals surface area contributed by atoms with E-state index in [1.165, 1.54) is 16.8 Å². The summed E-state index contributed by atoms with van der Waals surface area (Å²) in [5, 5.41) is 3.46. The number of piperazine rings is 1. The Balaban J connectivity index is 1.54. The van der Waals surface area contributed by atoms with E-state index in [0.717, 1.165) is 38.4 Å². The van der Waals surface area contributed by atoms with Crippen molar-refractivity contribution in [1.82, 2.24) is 4.90 Å². The number of carbonyl (C=O) groups excluding carboxylic acids is 1. The Morgan fingerprint density at radius 3 is 2.17 bits per heavy atom. The van der Waals surface area contributed by atoms with Crippen molar-refractivity contribution in [2.75, 3.05) is 36.4 Å². The van der Waals surface area contributed by atoms with Crippen LogP contribution in [0.3, 0.4) is 0 Å². The van der Waals surface area contributed by atoms with Crippen molar-refractivity contribution >= 4 is 17.3 Å². The van der Waals surface area contributed by atoms with E-state index in [1.54, 1.807) is 6.92 Å². The summed E-state index contributed by atoms with van der Waals surface area (Å²) in [5.74, 6) is 0.172. The predicted molar refractivity (Wildman–Crippen MR) is 99.4 cm³/mol. The SMILES string of the molecule is CC(=O)N1CCN(c2ccc(NCc3ccc(C)cc3)cc2)CC1. The van der Waals surface area contributed by atoms with Crippen molar-refractivity contribution in [2.24, 2.45) is 0 Å². The molecule has 1 fully saturated rings. The molecule has 2 aromatic carbocycles. The third-order valence-corrected chi connectivity index (χ3v) is 4.57. The molecular weight excluding hydrogens is 298 g/mol. The number of anilines is 2. The number of aryl methyl sites for hydroxylation is 1. The molecule has 1 aliphatic rings. The summed E-state index contributed by atoms with van der Waals surface area (Å²) in [7, 11) is 0. The van der Waals surface area contributed by atoms with Gasteiger partial charge in [-0.3, -0.25) is 4.79 Å². The fraction of sp³-hybridized carbons (Fsp3) is 0.350. The number of amides is 1.